The second kappa shape index (κ2) is 4.28. The van der Waals surface area contributed by atoms with Gasteiger partial charge in [0.2, 0.25) is 5.78 Å². The summed E-state index contributed by atoms with van der Waals surface area (Å²) >= 11 is 0. The Morgan fingerprint density at radius 1 is 0.895 bits per heavy atom. The molecule has 19 heavy (non-hydrogen) atoms. The first-order valence-corrected chi connectivity index (χ1v) is 6.01. The van der Waals surface area contributed by atoms with E-state index in [-0.39, 0.29) is 17.1 Å². The number of fused-ring (bicyclic) bond motifs is 1. The highest BCUT2D eigenvalue weighted by Crippen LogP contribution is 2.34. The number of aromatic hydroxyl groups is 1. The number of hydrogen-bond acceptors (Lipinski definition) is 3. The van der Waals surface area contributed by atoms with Crippen molar-refractivity contribution in [2.45, 2.75) is 6.42 Å². The second-order valence-electron chi connectivity index (χ2n) is 4.51. The van der Waals surface area contributed by atoms with Crippen molar-refractivity contribution in [1.29, 1.82) is 0 Å². The van der Waals surface area contributed by atoms with E-state index in [1.54, 1.807) is 12.1 Å². The van der Waals surface area contributed by atoms with Crippen LogP contribution in [0.4, 0.5) is 0 Å². The molecule has 0 aliphatic heterocycles. The molecule has 1 aliphatic carbocycles. The molecule has 3 heteroatoms. The van der Waals surface area contributed by atoms with E-state index in [2.05, 4.69) is 0 Å². The smallest absolute Gasteiger partial charge is 0.231 e. The lowest BCUT2D eigenvalue weighted by molar-refractivity contribution is 0.0973. The number of allylic oxidation sites excluding steroid dienone is 2. The molecule has 3 nitrogen and oxygen atoms in total. The predicted octanol–water partition coefficient (Wildman–Crippen LogP) is 3.10. The van der Waals surface area contributed by atoms with E-state index >= 15 is 0 Å². The number of aliphatic hydroxyl groups excluding tert-OH is 1. The van der Waals surface area contributed by atoms with Crippen LogP contribution in [0.2, 0.25) is 0 Å². The predicted molar refractivity (Wildman–Crippen MR) is 72.1 cm³/mol. The number of ketones is 1. The molecule has 0 saturated carbocycles. The topological polar surface area (TPSA) is 57.5 Å². The number of benzene rings is 2. The minimum Gasteiger partial charge on any atom is -0.507 e. The van der Waals surface area contributed by atoms with Gasteiger partial charge in [-0.05, 0) is 17.2 Å². The first kappa shape index (κ1) is 11.5. The first-order chi connectivity index (χ1) is 9.18. The van der Waals surface area contributed by atoms with E-state index in [1.807, 2.05) is 30.3 Å². The van der Waals surface area contributed by atoms with Gasteiger partial charge < -0.3 is 10.2 Å². The van der Waals surface area contributed by atoms with E-state index in [9.17, 15) is 15.0 Å². The molecule has 2 N–H and O–H groups in total. The number of carbonyl (C=O) groups is 1. The number of carbonyl (C=O) groups excluding carboxylic acids is 1. The molecule has 0 spiro atoms. The summed E-state index contributed by atoms with van der Waals surface area (Å²) < 4.78 is 0. The van der Waals surface area contributed by atoms with Crippen LogP contribution in [0.15, 0.2) is 54.3 Å². The number of hydrogen-bond donors (Lipinski definition) is 2. The van der Waals surface area contributed by atoms with Crippen molar-refractivity contribution in [2.75, 3.05) is 0 Å². The quantitative estimate of drug-likeness (QED) is 0.819. The van der Waals surface area contributed by atoms with Gasteiger partial charge in [-0.3, -0.25) is 4.79 Å². The lowest BCUT2D eigenvalue weighted by atomic mass is 9.85. The SMILES string of the molecule is O=C1C(O)=C(c2ccccc2)Cc2cccc(O)c21. The zero-order valence-corrected chi connectivity index (χ0v) is 10.1. The number of aliphatic hydroxyl groups is 1. The Bertz CT molecular complexity index is 684. The maximum absolute atomic E-state index is 12.2. The largest absolute Gasteiger partial charge is 0.507 e. The van der Waals surface area contributed by atoms with Crippen LogP contribution in [0.3, 0.4) is 0 Å². The molecule has 0 heterocycles. The Kier molecular flexibility index (Phi) is 2.60. The van der Waals surface area contributed by atoms with Gasteiger partial charge in [-0.1, -0.05) is 42.5 Å². The van der Waals surface area contributed by atoms with Crippen LogP contribution >= 0.6 is 0 Å². The van der Waals surface area contributed by atoms with Crippen molar-refractivity contribution in [1.82, 2.24) is 0 Å². The van der Waals surface area contributed by atoms with Crippen molar-refractivity contribution >= 4 is 11.4 Å². The summed E-state index contributed by atoms with van der Waals surface area (Å²) in [5.74, 6) is -0.875. The van der Waals surface area contributed by atoms with Gasteiger partial charge in [0.15, 0.2) is 5.76 Å². The van der Waals surface area contributed by atoms with Crippen molar-refractivity contribution in [3.05, 3.63) is 71.0 Å². The van der Waals surface area contributed by atoms with Crippen molar-refractivity contribution < 1.29 is 15.0 Å². The number of rotatable bonds is 1. The Morgan fingerprint density at radius 2 is 1.63 bits per heavy atom. The number of phenolic OH excluding ortho intramolecular Hbond substituents is 1. The Hall–Kier alpha value is -2.55. The second-order valence-corrected chi connectivity index (χ2v) is 4.51. The van der Waals surface area contributed by atoms with Gasteiger partial charge in [0.1, 0.15) is 5.75 Å². The summed E-state index contributed by atoms with van der Waals surface area (Å²) in [6, 6.07) is 14.3. The molecule has 0 unspecified atom stereocenters. The van der Waals surface area contributed by atoms with E-state index in [1.165, 1.54) is 6.07 Å². The molecule has 0 bridgehead atoms. The fourth-order valence-corrected chi connectivity index (χ4v) is 2.40. The molecule has 0 amide bonds. The summed E-state index contributed by atoms with van der Waals surface area (Å²) in [7, 11) is 0. The molecule has 0 fully saturated rings. The van der Waals surface area contributed by atoms with Gasteiger partial charge in [-0.2, -0.15) is 0 Å². The van der Waals surface area contributed by atoms with Crippen molar-refractivity contribution in [2.24, 2.45) is 0 Å². The molecule has 0 atom stereocenters. The maximum atomic E-state index is 12.2. The summed E-state index contributed by atoms with van der Waals surface area (Å²) in [6.07, 6.45) is 0.436. The highest BCUT2D eigenvalue weighted by molar-refractivity contribution is 6.15. The lowest BCUT2D eigenvalue weighted by Crippen LogP contribution is -2.15. The van der Waals surface area contributed by atoms with Crippen molar-refractivity contribution in [3.8, 4) is 5.75 Å². The van der Waals surface area contributed by atoms with E-state index in [0.717, 1.165) is 11.1 Å². The van der Waals surface area contributed by atoms with Crippen LogP contribution < -0.4 is 0 Å². The van der Waals surface area contributed by atoms with Gasteiger partial charge in [0.25, 0.3) is 0 Å². The van der Waals surface area contributed by atoms with Crippen LogP contribution in [0.5, 0.6) is 5.75 Å². The van der Waals surface area contributed by atoms with Gasteiger partial charge in [-0.25, -0.2) is 0 Å². The Labute approximate surface area is 110 Å². The third-order valence-corrected chi connectivity index (χ3v) is 3.35. The number of Topliss-reactive ketones (excluding diaryl/α,β-unsaturated/α-hetero) is 1. The summed E-state index contributed by atoms with van der Waals surface area (Å²) in [4.78, 5) is 12.2. The van der Waals surface area contributed by atoms with Crippen LogP contribution in [0, 0.1) is 0 Å². The molecule has 94 valence electrons. The average Bonchev–Trinajstić information content (AvgIpc) is 2.43. The minimum atomic E-state index is -0.516. The fourth-order valence-electron chi connectivity index (χ4n) is 2.40. The zero-order chi connectivity index (χ0) is 13.4. The first-order valence-electron chi connectivity index (χ1n) is 6.01. The fraction of sp³-hybridized carbons (Fsp3) is 0.0625. The molecule has 3 rings (SSSR count). The van der Waals surface area contributed by atoms with Crippen LogP contribution in [0.25, 0.3) is 5.57 Å². The normalized spacial score (nSPS) is 14.4. The maximum Gasteiger partial charge on any atom is 0.231 e. The molecule has 0 radical (unpaired) electrons. The lowest BCUT2D eigenvalue weighted by Gasteiger charge is -2.19. The van der Waals surface area contributed by atoms with Crippen LogP contribution in [-0.4, -0.2) is 16.0 Å². The summed E-state index contributed by atoms with van der Waals surface area (Å²) in [5.41, 5.74) is 2.37. The van der Waals surface area contributed by atoms with Gasteiger partial charge in [0, 0.05) is 12.0 Å². The van der Waals surface area contributed by atoms with Crippen LogP contribution in [-0.2, 0) is 6.42 Å². The van der Waals surface area contributed by atoms with Crippen LogP contribution in [0.1, 0.15) is 21.5 Å². The molecule has 0 aromatic heterocycles. The van der Waals surface area contributed by atoms with Gasteiger partial charge in [-0.15, -0.1) is 0 Å². The van der Waals surface area contributed by atoms with Gasteiger partial charge >= 0.3 is 0 Å². The van der Waals surface area contributed by atoms with E-state index < -0.39 is 5.78 Å². The van der Waals surface area contributed by atoms with Crippen molar-refractivity contribution in [3.63, 3.8) is 0 Å². The Balaban J connectivity index is 2.16. The minimum absolute atomic E-state index is 0.0823. The summed E-state index contributed by atoms with van der Waals surface area (Å²) in [6.45, 7) is 0. The molecule has 2 aromatic carbocycles. The monoisotopic (exact) mass is 252 g/mol. The highest BCUT2D eigenvalue weighted by atomic mass is 16.3. The third kappa shape index (κ3) is 1.80. The molecule has 1 aliphatic rings. The third-order valence-electron chi connectivity index (χ3n) is 3.35. The van der Waals surface area contributed by atoms with Gasteiger partial charge in [0.05, 0.1) is 5.56 Å². The highest BCUT2D eigenvalue weighted by Gasteiger charge is 2.28. The van der Waals surface area contributed by atoms with E-state index in [0.29, 0.717) is 12.0 Å². The molecular formula is C16H12O3. The standard InChI is InChI=1S/C16H12O3/c17-13-8-4-7-11-9-12(10-5-2-1-3-6-10)15(18)16(19)14(11)13/h1-8,17-18H,9H2. The molecular weight excluding hydrogens is 240 g/mol. The molecule has 0 saturated heterocycles. The Morgan fingerprint density at radius 3 is 2.37 bits per heavy atom. The average molecular weight is 252 g/mol. The molecule has 2 aromatic rings. The number of phenols is 1. The van der Waals surface area contributed by atoms with E-state index in [4.69, 9.17) is 0 Å². The summed E-state index contributed by atoms with van der Waals surface area (Å²) in [5, 5.41) is 19.8. The zero-order valence-electron chi connectivity index (χ0n) is 10.1.